The lowest BCUT2D eigenvalue weighted by Gasteiger charge is -2.07. The van der Waals surface area contributed by atoms with Crippen molar-refractivity contribution in [3.8, 4) is 0 Å². The van der Waals surface area contributed by atoms with Gasteiger partial charge >= 0.3 is 5.97 Å². The van der Waals surface area contributed by atoms with Crippen molar-refractivity contribution in [2.45, 2.75) is 26.8 Å². The van der Waals surface area contributed by atoms with Gasteiger partial charge in [-0.2, -0.15) is 0 Å². The molecule has 32 heavy (non-hydrogen) atoms. The van der Waals surface area contributed by atoms with Gasteiger partial charge in [-0.05, 0) is 42.7 Å². The predicted molar refractivity (Wildman–Crippen MR) is 126 cm³/mol. The highest BCUT2D eigenvalue weighted by molar-refractivity contribution is 7.18. The molecule has 1 heterocycles. The Hall–Kier alpha value is -3.16. The van der Waals surface area contributed by atoms with Gasteiger partial charge in [0.2, 0.25) is 5.91 Å². The number of hydrogen-bond donors (Lipinski definition) is 2. The maximum absolute atomic E-state index is 12.8. The number of thiophene rings is 1. The normalized spacial score (nSPS) is 10.5. The maximum atomic E-state index is 12.8. The minimum absolute atomic E-state index is 0.103. The van der Waals surface area contributed by atoms with Gasteiger partial charge in [0.25, 0.3) is 5.91 Å². The number of carbonyl (C=O) groups is 3. The molecule has 0 saturated carbocycles. The Kier molecular flexibility index (Phi) is 8.03. The summed E-state index contributed by atoms with van der Waals surface area (Å²) in [6.07, 6.45) is 0.103. The fourth-order valence-corrected chi connectivity index (χ4v) is 4.34. The molecule has 0 bridgehead atoms. The largest absolute Gasteiger partial charge is 0.462 e. The van der Waals surface area contributed by atoms with Crippen LogP contribution in [0.2, 0.25) is 5.02 Å². The molecule has 1 aromatic heterocycles. The van der Waals surface area contributed by atoms with Crippen molar-refractivity contribution in [3.05, 3.63) is 86.8 Å². The van der Waals surface area contributed by atoms with E-state index in [0.29, 0.717) is 27.0 Å². The summed E-state index contributed by atoms with van der Waals surface area (Å²) in [5.74, 6) is -1.21. The first-order valence-corrected chi connectivity index (χ1v) is 11.3. The van der Waals surface area contributed by atoms with Gasteiger partial charge in [0.05, 0.1) is 23.5 Å². The number of anilines is 1. The molecule has 2 N–H and O–H groups in total. The van der Waals surface area contributed by atoms with Gasteiger partial charge in [-0.15, -0.1) is 11.3 Å². The summed E-state index contributed by atoms with van der Waals surface area (Å²) in [5, 5.41) is 6.51. The van der Waals surface area contributed by atoms with Gasteiger partial charge in [-0.25, -0.2) is 4.79 Å². The molecule has 166 valence electrons. The molecule has 6 nitrogen and oxygen atoms in total. The van der Waals surface area contributed by atoms with Crippen LogP contribution in [0.25, 0.3) is 0 Å². The summed E-state index contributed by atoms with van der Waals surface area (Å²) in [4.78, 5) is 38.3. The zero-order valence-corrected chi connectivity index (χ0v) is 19.3. The molecule has 0 unspecified atom stereocenters. The van der Waals surface area contributed by atoms with E-state index >= 15 is 0 Å². The smallest absolute Gasteiger partial charge is 0.341 e. The van der Waals surface area contributed by atoms with Crippen molar-refractivity contribution >= 4 is 45.7 Å². The van der Waals surface area contributed by atoms with Crippen molar-refractivity contribution in [1.82, 2.24) is 5.32 Å². The van der Waals surface area contributed by atoms with E-state index in [1.54, 1.807) is 38.1 Å². The van der Waals surface area contributed by atoms with Crippen LogP contribution in [0, 0.1) is 6.92 Å². The highest BCUT2D eigenvalue weighted by Gasteiger charge is 2.26. The third kappa shape index (κ3) is 5.96. The maximum Gasteiger partial charge on any atom is 0.341 e. The van der Waals surface area contributed by atoms with Crippen LogP contribution in [0.4, 0.5) is 5.00 Å². The first-order valence-electron chi connectivity index (χ1n) is 10.1. The molecule has 0 aliphatic heterocycles. The second-order valence-electron chi connectivity index (χ2n) is 7.00. The highest BCUT2D eigenvalue weighted by atomic mass is 35.5. The Bertz CT molecular complexity index is 1110. The van der Waals surface area contributed by atoms with E-state index in [1.807, 2.05) is 30.3 Å². The second kappa shape index (κ2) is 10.9. The molecule has 0 aliphatic rings. The fraction of sp³-hybridized carbons (Fsp3) is 0.208. The van der Waals surface area contributed by atoms with Crippen LogP contribution < -0.4 is 10.6 Å². The lowest BCUT2D eigenvalue weighted by Crippen LogP contribution is -2.22. The fourth-order valence-electron chi connectivity index (χ4n) is 3.08. The summed E-state index contributed by atoms with van der Waals surface area (Å²) >= 11 is 6.95. The second-order valence-corrected chi connectivity index (χ2v) is 8.46. The van der Waals surface area contributed by atoms with Crippen LogP contribution in [-0.2, 0) is 22.5 Å². The molecule has 0 radical (unpaired) electrons. The Balaban J connectivity index is 1.80. The Morgan fingerprint density at radius 3 is 2.34 bits per heavy atom. The molecule has 0 saturated heterocycles. The number of amides is 2. The SMILES string of the molecule is CCOC(=O)c1c(NC(=O)Cc2ccc(Cl)cc2)sc(C(=O)NCc2ccccc2)c1C. The molecular weight excluding hydrogens is 448 g/mol. The number of nitrogens with one attached hydrogen (secondary N) is 2. The Morgan fingerprint density at radius 1 is 1.00 bits per heavy atom. The van der Waals surface area contributed by atoms with Gasteiger partial charge in [0, 0.05) is 11.6 Å². The van der Waals surface area contributed by atoms with E-state index in [2.05, 4.69) is 10.6 Å². The topological polar surface area (TPSA) is 84.5 Å². The van der Waals surface area contributed by atoms with Crippen molar-refractivity contribution in [2.75, 3.05) is 11.9 Å². The Morgan fingerprint density at radius 2 is 1.69 bits per heavy atom. The van der Waals surface area contributed by atoms with E-state index in [4.69, 9.17) is 16.3 Å². The van der Waals surface area contributed by atoms with Gasteiger partial charge in [0.15, 0.2) is 0 Å². The molecule has 0 spiro atoms. The summed E-state index contributed by atoms with van der Waals surface area (Å²) in [6.45, 7) is 3.91. The summed E-state index contributed by atoms with van der Waals surface area (Å²) in [6, 6.07) is 16.4. The monoisotopic (exact) mass is 470 g/mol. The van der Waals surface area contributed by atoms with E-state index in [9.17, 15) is 14.4 Å². The lowest BCUT2D eigenvalue weighted by molar-refractivity contribution is -0.115. The average Bonchev–Trinajstić information content (AvgIpc) is 3.10. The van der Waals surface area contributed by atoms with Crippen LogP contribution in [0.1, 0.15) is 43.6 Å². The molecule has 0 fully saturated rings. The van der Waals surface area contributed by atoms with Crippen molar-refractivity contribution in [1.29, 1.82) is 0 Å². The number of ether oxygens (including phenoxy) is 1. The van der Waals surface area contributed by atoms with Crippen molar-refractivity contribution in [2.24, 2.45) is 0 Å². The van der Waals surface area contributed by atoms with E-state index < -0.39 is 5.97 Å². The highest BCUT2D eigenvalue weighted by Crippen LogP contribution is 2.34. The molecule has 3 aromatic rings. The van der Waals surface area contributed by atoms with Crippen molar-refractivity contribution in [3.63, 3.8) is 0 Å². The number of halogens is 1. The third-order valence-electron chi connectivity index (χ3n) is 4.66. The van der Waals surface area contributed by atoms with E-state index in [0.717, 1.165) is 22.5 Å². The van der Waals surface area contributed by atoms with Crippen LogP contribution in [0.3, 0.4) is 0 Å². The lowest BCUT2D eigenvalue weighted by atomic mass is 10.1. The van der Waals surface area contributed by atoms with Gasteiger partial charge in [0.1, 0.15) is 5.00 Å². The zero-order valence-electron chi connectivity index (χ0n) is 17.7. The molecule has 8 heteroatoms. The van der Waals surface area contributed by atoms with Crippen molar-refractivity contribution < 1.29 is 19.1 Å². The van der Waals surface area contributed by atoms with Crippen LogP contribution in [0.5, 0.6) is 0 Å². The quantitative estimate of drug-likeness (QED) is 0.454. The average molecular weight is 471 g/mol. The summed E-state index contributed by atoms with van der Waals surface area (Å²) in [7, 11) is 0. The van der Waals surface area contributed by atoms with Crippen LogP contribution >= 0.6 is 22.9 Å². The minimum atomic E-state index is -0.579. The number of hydrogen-bond acceptors (Lipinski definition) is 5. The van der Waals surface area contributed by atoms with Gasteiger partial charge in [-0.3, -0.25) is 9.59 Å². The zero-order chi connectivity index (χ0) is 23.1. The van der Waals surface area contributed by atoms with Gasteiger partial charge in [-0.1, -0.05) is 54.1 Å². The van der Waals surface area contributed by atoms with E-state index in [-0.39, 0.29) is 30.4 Å². The number of esters is 1. The van der Waals surface area contributed by atoms with Gasteiger partial charge < -0.3 is 15.4 Å². The minimum Gasteiger partial charge on any atom is -0.462 e. The molecule has 0 aliphatic carbocycles. The first-order chi connectivity index (χ1) is 15.4. The Labute approximate surface area is 195 Å². The van der Waals surface area contributed by atoms with Crippen LogP contribution in [0.15, 0.2) is 54.6 Å². The molecule has 0 atom stereocenters. The number of carbonyl (C=O) groups excluding carboxylic acids is 3. The summed E-state index contributed by atoms with van der Waals surface area (Å²) < 4.78 is 5.15. The molecular formula is C24H23ClN2O4S. The third-order valence-corrected chi connectivity index (χ3v) is 6.12. The first kappa shape index (κ1) is 23.5. The summed E-state index contributed by atoms with van der Waals surface area (Å²) in [5.41, 5.74) is 2.41. The predicted octanol–water partition coefficient (Wildman–Crippen LogP) is 5.00. The molecule has 2 aromatic carbocycles. The van der Waals surface area contributed by atoms with E-state index in [1.165, 1.54) is 0 Å². The molecule has 2 amide bonds. The molecule has 3 rings (SSSR count). The standard InChI is InChI=1S/C24H23ClN2O4S/c1-3-31-24(30)20-15(2)21(22(29)26-14-17-7-5-4-6-8-17)32-23(20)27-19(28)13-16-9-11-18(25)12-10-16/h4-12H,3,13-14H2,1-2H3,(H,26,29)(H,27,28). The number of rotatable bonds is 8. The van der Waals surface area contributed by atoms with Crippen LogP contribution in [-0.4, -0.2) is 24.4 Å². The number of benzene rings is 2.